The first-order valence-corrected chi connectivity index (χ1v) is 8.52. The zero-order chi connectivity index (χ0) is 15.6. The fraction of sp³-hybridized carbons (Fsp3) is 0.214. The average Bonchev–Trinajstić information content (AvgIpc) is 2.82. The molecule has 0 bridgehead atoms. The average molecular weight is 325 g/mol. The van der Waals surface area contributed by atoms with E-state index in [2.05, 4.69) is 4.72 Å². The maximum atomic E-state index is 12.4. The van der Waals surface area contributed by atoms with Gasteiger partial charge in [-0.15, -0.1) is 11.3 Å². The number of carbonyl (C=O) groups is 1. The summed E-state index contributed by atoms with van der Waals surface area (Å²) in [7, 11) is -3.75. The molecule has 1 aromatic carbocycles. The Hall–Kier alpha value is -1.70. The van der Waals surface area contributed by atoms with E-state index in [1.54, 1.807) is 13.8 Å². The molecule has 0 spiro atoms. The summed E-state index contributed by atoms with van der Waals surface area (Å²) in [4.78, 5) is 11.4. The number of nitrogens with one attached hydrogen (secondary N) is 1. The van der Waals surface area contributed by atoms with Crippen LogP contribution in [0.4, 0.5) is 0 Å². The molecule has 0 unspecified atom stereocenters. The number of thiophene rings is 1. The Balaban J connectivity index is 2.29. The van der Waals surface area contributed by atoms with E-state index in [-0.39, 0.29) is 9.77 Å². The lowest BCUT2D eigenvalue weighted by Crippen LogP contribution is -2.27. The third-order valence-corrected chi connectivity index (χ3v) is 5.84. The van der Waals surface area contributed by atoms with Crippen LogP contribution in [0.25, 0.3) is 0 Å². The highest BCUT2D eigenvalue weighted by atomic mass is 32.2. The molecule has 2 rings (SSSR count). The van der Waals surface area contributed by atoms with Crippen LogP contribution in [-0.4, -0.2) is 19.5 Å². The van der Waals surface area contributed by atoms with E-state index in [1.807, 2.05) is 30.3 Å². The molecule has 1 aromatic heterocycles. The lowest BCUT2D eigenvalue weighted by Gasteiger charge is -2.14. The number of rotatable bonds is 5. The van der Waals surface area contributed by atoms with Crippen molar-refractivity contribution in [1.82, 2.24) is 4.72 Å². The second-order valence-electron chi connectivity index (χ2n) is 4.59. The molecule has 5 nitrogen and oxygen atoms in total. The van der Waals surface area contributed by atoms with Gasteiger partial charge in [-0.3, -0.25) is 0 Å². The first-order valence-electron chi connectivity index (χ1n) is 6.22. The van der Waals surface area contributed by atoms with Gasteiger partial charge in [0.25, 0.3) is 0 Å². The minimum atomic E-state index is -3.75. The Labute approximate surface area is 127 Å². The van der Waals surface area contributed by atoms with Crippen LogP contribution in [0.15, 0.2) is 41.3 Å². The lowest BCUT2D eigenvalue weighted by atomic mass is 10.1. The van der Waals surface area contributed by atoms with E-state index in [9.17, 15) is 13.2 Å². The van der Waals surface area contributed by atoms with Crippen LogP contribution in [0.2, 0.25) is 0 Å². The van der Waals surface area contributed by atoms with Crippen LogP contribution in [0.5, 0.6) is 0 Å². The number of carboxylic acid groups (broad SMARTS) is 1. The van der Waals surface area contributed by atoms with Crippen molar-refractivity contribution in [2.75, 3.05) is 0 Å². The number of aryl methyl sites for hydroxylation is 1. The van der Waals surface area contributed by atoms with E-state index in [0.717, 1.165) is 16.9 Å². The van der Waals surface area contributed by atoms with Crippen molar-refractivity contribution in [3.63, 3.8) is 0 Å². The van der Waals surface area contributed by atoms with Gasteiger partial charge in [0.2, 0.25) is 10.0 Å². The molecule has 1 heterocycles. The van der Waals surface area contributed by atoms with Gasteiger partial charge in [0.05, 0.1) is 4.90 Å². The molecule has 7 heteroatoms. The number of benzene rings is 1. The number of hydrogen-bond donors (Lipinski definition) is 2. The number of sulfonamides is 1. The third kappa shape index (κ3) is 3.49. The SMILES string of the molecule is Cc1sc(C(=O)O)cc1S(=O)(=O)N[C@@H](C)c1ccccc1. The summed E-state index contributed by atoms with van der Waals surface area (Å²) in [6.07, 6.45) is 0. The molecule has 0 aliphatic carbocycles. The van der Waals surface area contributed by atoms with Gasteiger partial charge in [0.1, 0.15) is 4.88 Å². The summed E-state index contributed by atoms with van der Waals surface area (Å²) < 4.78 is 27.3. The van der Waals surface area contributed by atoms with E-state index in [4.69, 9.17) is 5.11 Å². The molecule has 0 aliphatic rings. The van der Waals surface area contributed by atoms with Gasteiger partial charge in [-0.05, 0) is 25.5 Å². The topological polar surface area (TPSA) is 83.5 Å². The first-order chi connectivity index (χ1) is 9.81. The van der Waals surface area contributed by atoms with Crippen LogP contribution in [0, 0.1) is 6.92 Å². The minimum absolute atomic E-state index is 0.0141. The zero-order valence-corrected chi connectivity index (χ0v) is 13.2. The van der Waals surface area contributed by atoms with Gasteiger partial charge in [0, 0.05) is 10.9 Å². The monoisotopic (exact) mass is 325 g/mol. The van der Waals surface area contributed by atoms with E-state index in [0.29, 0.717) is 4.88 Å². The Morgan fingerprint density at radius 2 is 1.90 bits per heavy atom. The van der Waals surface area contributed by atoms with Crippen LogP contribution < -0.4 is 4.72 Å². The molecule has 21 heavy (non-hydrogen) atoms. The molecule has 0 amide bonds. The van der Waals surface area contributed by atoms with Gasteiger partial charge in [-0.25, -0.2) is 17.9 Å². The fourth-order valence-corrected chi connectivity index (χ4v) is 4.61. The van der Waals surface area contributed by atoms with Gasteiger partial charge in [-0.1, -0.05) is 30.3 Å². The van der Waals surface area contributed by atoms with Crippen molar-refractivity contribution >= 4 is 27.3 Å². The third-order valence-electron chi connectivity index (χ3n) is 3.00. The summed E-state index contributed by atoms with van der Waals surface area (Å²) in [5.74, 6) is -1.12. The van der Waals surface area contributed by atoms with Crippen molar-refractivity contribution in [3.05, 3.63) is 51.7 Å². The zero-order valence-electron chi connectivity index (χ0n) is 11.5. The van der Waals surface area contributed by atoms with E-state index < -0.39 is 22.0 Å². The highest BCUT2D eigenvalue weighted by molar-refractivity contribution is 7.89. The molecular weight excluding hydrogens is 310 g/mol. The Kier molecular flexibility index (Phi) is 4.46. The molecule has 2 N–H and O–H groups in total. The fourth-order valence-electron chi connectivity index (χ4n) is 1.94. The maximum absolute atomic E-state index is 12.4. The molecule has 2 aromatic rings. The van der Waals surface area contributed by atoms with Crippen molar-refractivity contribution in [1.29, 1.82) is 0 Å². The largest absolute Gasteiger partial charge is 0.477 e. The van der Waals surface area contributed by atoms with Crippen LogP contribution >= 0.6 is 11.3 Å². The normalized spacial score (nSPS) is 13.0. The van der Waals surface area contributed by atoms with E-state index in [1.165, 1.54) is 6.07 Å². The second-order valence-corrected chi connectivity index (χ2v) is 7.53. The molecule has 0 fully saturated rings. The molecular formula is C14H15NO4S2. The number of hydrogen-bond acceptors (Lipinski definition) is 4. The van der Waals surface area contributed by atoms with Crippen LogP contribution in [0.3, 0.4) is 0 Å². The van der Waals surface area contributed by atoms with Crippen molar-refractivity contribution in [3.8, 4) is 0 Å². The summed E-state index contributed by atoms with van der Waals surface area (Å²) >= 11 is 0.954. The summed E-state index contributed by atoms with van der Waals surface area (Å²) in [5.41, 5.74) is 0.840. The van der Waals surface area contributed by atoms with E-state index >= 15 is 0 Å². The van der Waals surface area contributed by atoms with Gasteiger partial charge >= 0.3 is 5.97 Å². The molecule has 0 saturated heterocycles. The van der Waals surface area contributed by atoms with Crippen LogP contribution in [-0.2, 0) is 10.0 Å². The highest BCUT2D eigenvalue weighted by Gasteiger charge is 2.24. The molecule has 0 aliphatic heterocycles. The predicted molar refractivity (Wildman–Crippen MR) is 81.2 cm³/mol. The molecule has 0 radical (unpaired) electrons. The highest BCUT2D eigenvalue weighted by Crippen LogP contribution is 2.27. The Morgan fingerprint density at radius 1 is 1.29 bits per heavy atom. The maximum Gasteiger partial charge on any atom is 0.345 e. The van der Waals surface area contributed by atoms with Gasteiger partial charge < -0.3 is 5.11 Å². The Bertz CT molecular complexity index is 751. The smallest absolute Gasteiger partial charge is 0.345 e. The minimum Gasteiger partial charge on any atom is -0.477 e. The Morgan fingerprint density at radius 3 is 2.43 bits per heavy atom. The molecule has 0 saturated carbocycles. The first kappa shape index (κ1) is 15.7. The van der Waals surface area contributed by atoms with Crippen molar-refractivity contribution in [2.45, 2.75) is 24.8 Å². The number of aromatic carboxylic acids is 1. The summed E-state index contributed by atoms with van der Waals surface area (Å²) in [6.45, 7) is 3.34. The van der Waals surface area contributed by atoms with Gasteiger partial charge in [0.15, 0.2) is 0 Å². The summed E-state index contributed by atoms with van der Waals surface area (Å²) in [5, 5.41) is 8.94. The standard InChI is InChI=1S/C14H15NO4S2/c1-9(11-6-4-3-5-7-11)15-21(18,19)13-8-12(14(16)17)20-10(13)2/h3-9,15H,1-2H3,(H,16,17)/t9-/m0/s1. The lowest BCUT2D eigenvalue weighted by molar-refractivity contribution is 0.0702. The van der Waals surface area contributed by atoms with Crippen molar-refractivity contribution in [2.24, 2.45) is 0 Å². The molecule has 112 valence electrons. The van der Waals surface area contributed by atoms with Gasteiger partial charge in [-0.2, -0.15) is 0 Å². The quantitative estimate of drug-likeness (QED) is 0.885. The predicted octanol–water partition coefficient (Wildman–Crippen LogP) is 2.79. The number of carboxylic acids is 1. The van der Waals surface area contributed by atoms with Crippen molar-refractivity contribution < 1.29 is 18.3 Å². The molecule has 1 atom stereocenters. The van der Waals surface area contributed by atoms with Crippen LogP contribution in [0.1, 0.15) is 33.1 Å². The second kappa shape index (κ2) is 5.97. The summed E-state index contributed by atoms with van der Waals surface area (Å²) in [6, 6.07) is 9.97.